The molecule has 6 heteroatoms. The van der Waals surface area contributed by atoms with Gasteiger partial charge in [0.25, 0.3) is 0 Å². The maximum Gasteiger partial charge on any atom is 0.244 e. The van der Waals surface area contributed by atoms with E-state index in [0.717, 1.165) is 24.0 Å². The number of nitrogens with two attached hydrogens (primary N) is 1. The first-order valence-electron chi connectivity index (χ1n) is 6.77. The van der Waals surface area contributed by atoms with Gasteiger partial charge in [0, 0.05) is 6.54 Å². The highest BCUT2D eigenvalue weighted by Crippen LogP contribution is 2.27. The standard InChI is InChI=1S/C14H21N3O2S/c1-10-6-7-11(2)13(9-10)20(18,19)17-8-4-3-5-12(17)14(15)16/h6-7,9,12H,3-5,8H2,1-2H3,(H3,15,16). The van der Waals surface area contributed by atoms with Crippen molar-refractivity contribution in [3.63, 3.8) is 0 Å². The molecule has 0 saturated carbocycles. The van der Waals surface area contributed by atoms with E-state index in [1.807, 2.05) is 19.1 Å². The summed E-state index contributed by atoms with van der Waals surface area (Å²) in [6.07, 6.45) is 2.34. The van der Waals surface area contributed by atoms with Gasteiger partial charge in [-0.1, -0.05) is 18.6 Å². The number of benzene rings is 1. The monoisotopic (exact) mass is 295 g/mol. The average Bonchev–Trinajstić information content (AvgIpc) is 2.41. The van der Waals surface area contributed by atoms with E-state index in [-0.39, 0.29) is 5.84 Å². The van der Waals surface area contributed by atoms with E-state index in [0.29, 0.717) is 17.9 Å². The second-order valence-corrected chi connectivity index (χ2v) is 7.21. The van der Waals surface area contributed by atoms with Crippen LogP contribution in [0.2, 0.25) is 0 Å². The average molecular weight is 295 g/mol. The van der Waals surface area contributed by atoms with Gasteiger partial charge < -0.3 is 5.73 Å². The largest absolute Gasteiger partial charge is 0.386 e. The van der Waals surface area contributed by atoms with Crippen LogP contribution in [0.3, 0.4) is 0 Å². The summed E-state index contributed by atoms with van der Waals surface area (Å²) in [7, 11) is -3.60. The number of sulfonamides is 1. The Bertz CT molecular complexity index is 625. The molecule has 1 aliphatic rings. The highest BCUT2D eigenvalue weighted by Gasteiger charge is 2.35. The van der Waals surface area contributed by atoms with Crippen LogP contribution in [-0.4, -0.2) is 31.1 Å². The van der Waals surface area contributed by atoms with Gasteiger partial charge in [-0.2, -0.15) is 4.31 Å². The molecule has 110 valence electrons. The van der Waals surface area contributed by atoms with Gasteiger partial charge >= 0.3 is 0 Å². The lowest BCUT2D eigenvalue weighted by molar-refractivity contribution is 0.303. The number of amidine groups is 1. The Balaban J connectivity index is 2.47. The van der Waals surface area contributed by atoms with Crippen LogP contribution in [0.15, 0.2) is 23.1 Å². The molecule has 5 nitrogen and oxygen atoms in total. The van der Waals surface area contributed by atoms with Gasteiger partial charge in [-0.3, -0.25) is 5.41 Å². The Kier molecular flexibility index (Phi) is 4.15. The molecule has 3 N–H and O–H groups in total. The van der Waals surface area contributed by atoms with E-state index in [2.05, 4.69) is 0 Å². The Morgan fingerprint density at radius 1 is 1.35 bits per heavy atom. The van der Waals surface area contributed by atoms with Crippen molar-refractivity contribution >= 4 is 15.9 Å². The van der Waals surface area contributed by atoms with Crippen molar-refractivity contribution in [2.45, 2.75) is 44.0 Å². The minimum Gasteiger partial charge on any atom is -0.386 e. The summed E-state index contributed by atoms with van der Waals surface area (Å²) in [6, 6.07) is 4.90. The lowest BCUT2D eigenvalue weighted by Gasteiger charge is -2.34. The molecule has 0 radical (unpaired) electrons. The van der Waals surface area contributed by atoms with Crippen LogP contribution in [-0.2, 0) is 10.0 Å². The minimum atomic E-state index is -3.60. The fourth-order valence-corrected chi connectivity index (χ4v) is 4.60. The maximum absolute atomic E-state index is 12.8. The number of hydrogen-bond acceptors (Lipinski definition) is 3. The molecular weight excluding hydrogens is 274 g/mol. The lowest BCUT2D eigenvalue weighted by atomic mass is 10.0. The van der Waals surface area contributed by atoms with Gasteiger partial charge in [0.15, 0.2) is 0 Å². The predicted molar refractivity (Wildman–Crippen MR) is 79.4 cm³/mol. The minimum absolute atomic E-state index is 0.0708. The molecule has 0 spiro atoms. The number of hydrogen-bond donors (Lipinski definition) is 2. The fraction of sp³-hybridized carbons (Fsp3) is 0.500. The molecule has 1 aliphatic heterocycles. The fourth-order valence-electron chi connectivity index (χ4n) is 2.62. The number of rotatable bonds is 3. The van der Waals surface area contributed by atoms with Gasteiger partial charge in [0.05, 0.1) is 10.9 Å². The first kappa shape index (κ1) is 15.0. The van der Waals surface area contributed by atoms with Gasteiger partial charge in [-0.25, -0.2) is 8.42 Å². The summed E-state index contributed by atoms with van der Waals surface area (Å²) in [6.45, 7) is 4.09. The molecule has 1 atom stereocenters. The topological polar surface area (TPSA) is 87.2 Å². The summed E-state index contributed by atoms with van der Waals surface area (Å²) in [5.74, 6) is -0.0708. The van der Waals surface area contributed by atoms with Crippen LogP contribution in [0.4, 0.5) is 0 Å². The second-order valence-electron chi connectivity index (χ2n) is 5.35. The van der Waals surface area contributed by atoms with Crippen molar-refractivity contribution in [3.8, 4) is 0 Å². The summed E-state index contributed by atoms with van der Waals surface area (Å²) >= 11 is 0. The molecule has 2 rings (SSSR count). The van der Waals surface area contributed by atoms with Crippen molar-refractivity contribution in [1.82, 2.24) is 4.31 Å². The number of aryl methyl sites for hydroxylation is 2. The first-order chi connectivity index (χ1) is 9.34. The molecular formula is C14H21N3O2S. The lowest BCUT2D eigenvalue weighted by Crippen LogP contribution is -2.50. The Hall–Kier alpha value is -1.40. The van der Waals surface area contributed by atoms with Gasteiger partial charge in [0.1, 0.15) is 5.84 Å². The smallest absolute Gasteiger partial charge is 0.244 e. The molecule has 20 heavy (non-hydrogen) atoms. The van der Waals surface area contributed by atoms with E-state index >= 15 is 0 Å². The number of nitrogens with one attached hydrogen (secondary N) is 1. The van der Waals surface area contributed by atoms with Crippen molar-refractivity contribution in [1.29, 1.82) is 5.41 Å². The Morgan fingerprint density at radius 3 is 2.70 bits per heavy atom. The maximum atomic E-state index is 12.8. The van der Waals surface area contributed by atoms with Crippen LogP contribution in [0.25, 0.3) is 0 Å². The molecule has 1 fully saturated rings. The third-order valence-corrected chi connectivity index (χ3v) is 5.79. The quantitative estimate of drug-likeness (QED) is 0.658. The molecule has 1 saturated heterocycles. The van der Waals surface area contributed by atoms with Gasteiger partial charge in [-0.05, 0) is 43.9 Å². The van der Waals surface area contributed by atoms with E-state index in [9.17, 15) is 8.42 Å². The Morgan fingerprint density at radius 2 is 2.05 bits per heavy atom. The summed E-state index contributed by atoms with van der Waals surface area (Å²) in [5, 5.41) is 7.63. The molecule has 0 bridgehead atoms. The normalized spacial score (nSPS) is 20.8. The van der Waals surface area contributed by atoms with Crippen LogP contribution < -0.4 is 5.73 Å². The number of piperidine rings is 1. The number of nitrogens with zero attached hydrogens (tertiary/aromatic N) is 1. The van der Waals surface area contributed by atoms with E-state index in [1.54, 1.807) is 13.0 Å². The molecule has 1 unspecified atom stereocenters. The molecule has 1 heterocycles. The summed E-state index contributed by atoms with van der Waals surface area (Å²) in [5.41, 5.74) is 7.21. The van der Waals surface area contributed by atoms with Crippen molar-refractivity contribution in [3.05, 3.63) is 29.3 Å². The van der Waals surface area contributed by atoms with Crippen LogP contribution in [0, 0.1) is 19.3 Å². The second kappa shape index (κ2) is 5.54. The van der Waals surface area contributed by atoms with Crippen molar-refractivity contribution in [2.24, 2.45) is 5.73 Å². The van der Waals surface area contributed by atoms with E-state index < -0.39 is 16.1 Å². The van der Waals surface area contributed by atoms with E-state index in [4.69, 9.17) is 11.1 Å². The van der Waals surface area contributed by atoms with Crippen LogP contribution in [0.5, 0.6) is 0 Å². The predicted octanol–water partition coefficient (Wildman–Crippen LogP) is 1.78. The summed E-state index contributed by atoms with van der Waals surface area (Å²) in [4.78, 5) is 0.325. The van der Waals surface area contributed by atoms with Crippen molar-refractivity contribution < 1.29 is 8.42 Å². The zero-order valence-electron chi connectivity index (χ0n) is 11.9. The zero-order chi connectivity index (χ0) is 14.9. The third kappa shape index (κ3) is 2.71. The molecule has 0 aromatic heterocycles. The van der Waals surface area contributed by atoms with Crippen molar-refractivity contribution in [2.75, 3.05) is 6.54 Å². The highest BCUT2D eigenvalue weighted by molar-refractivity contribution is 7.89. The molecule has 1 aromatic carbocycles. The first-order valence-corrected chi connectivity index (χ1v) is 8.21. The highest BCUT2D eigenvalue weighted by atomic mass is 32.2. The Labute approximate surface area is 120 Å². The zero-order valence-corrected chi connectivity index (χ0v) is 12.7. The van der Waals surface area contributed by atoms with Gasteiger partial charge in [0.2, 0.25) is 10.0 Å². The summed E-state index contributed by atoms with van der Waals surface area (Å²) < 4.78 is 27.1. The SMILES string of the molecule is Cc1ccc(C)c(S(=O)(=O)N2CCCCC2C(=N)N)c1. The van der Waals surface area contributed by atoms with Crippen LogP contribution in [0.1, 0.15) is 30.4 Å². The molecule has 1 aromatic rings. The molecule has 0 aliphatic carbocycles. The van der Waals surface area contributed by atoms with E-state index in [1.165, 1.54) is 4.31 Å². The van der Waals surface area contributed by atoms with Gasteiger partial charge in [-0.15, -0.1) is 0 Å². The third-order valence-electron chi connectivity index (χ3n) is 3.74. The van der Waals surface area contributed by atoms with Crippen LogP contribution >= 0.6 is 0 Å². The molecule has 0 amide bonds.